The van der Waals surface area contributed by atoms with Crippen molar-refractivity contribution in [3.63, 3.8) is 0 Å². The molecule has 2 aromatic rings. The van der Waals surface area contributed by atoms with Crippen LogP contribution in [-0.4, -0.2) is 23.0 Å². The van der Waals surface area contributed by atoms with Gasteiger partial charge in [0.1, 0.15) is 12.0 Å². The van der Waals surface area contributed by atoms with E-state index < -0.39 is 0 Å². The van der Waals surface area contributed by atoms with Crippen molar-refractivity contribution in [1.29, 1.82) is 0 Å². The molecule has 2 heterocycles. The third-order valence-electron chi connectivity index (χ3n) is 3.94. The molecule has 0 amide bonds. The molecule has 1 aliphatic rings. The van der Waals surface area contributed by atoms with Gasteiger partial charge in [-0.05, 0) is 50.8 Å². The first-order valence-corrected chi connectivity index (χ1v) is 7.62. The maximum absolute atomic E-state index is 5.80. The Labute approximate surface area is 125 Å². The van der Waals surface area contributed by atoms with E-state index in [4.69, 9.17) is 9.47 Å². The van der Waals surface area contributed by atoms with Crippen LogP contribution in [0.2, 0.25) is 0 Å². The van der Waals surface area contributed by atoms with Crippen molar-refractivity contribution in [2.24, 2.45) is 0 Å². The normalized spacial score (nSPS) is 18.9. The lowest BCUT2D eigenvalue weighted by molar-refractivity contribution is -0.0390. The van der Waals surface area contributed by atoms with Crippen LogP contribution in [0.5, 0.6) is 0 Å². The molecule has 0 spiro atoms. The van der Waals surface area contributed by atoms with E-state index >= 15 is 0 Å². The lowest BCUT2D eigenvalue weighted by Gasteiger charge is -2.22. The van der Waals surface area contributed by atoms with Crippen LogP contribution in [-0.2, 0) is 9.47 Å². The van der Waals surface area contributed by atoms with Crippen molar-refractivity contribution in [2.75, 3.05) is 13.2 Å². The minimum Gasteiger partial charge on any atom is -0.494 e. The molecule has 0 bridgehead atoms. The van der Waals surface area contributed by atoms with Gasteiger partial charge in [-0.25, -0.2) is 4.68 Å². The van der Waals surface area contributed by atoms with Crippen molar-refractivity contribution in [1.82, 2.24) is 9.78 Å². The molecule has 1 aromatic heterocycles. The Morgan fingerprint density at radius 2 is 2.33 bits per heavy atom. The molecular weight excluding hydrogens is 264 g/mol. The molecule has 4 heteroatoms. The van der Waals surface area contributed by atoms with Crippen molar-refractivity contribution in [2.45, 2.75) is 39.3 Å². The summed E-state index contributed by atoms with van der Waals surface area (Å²) in [7, 11) is 0. The van der Waals surface area contributed by atoms with E-state index in [0.29, 0.717) is 12.4 Å². The second-order valence-electron chi connectivity index (χ2n) is 5.51. The third kappa shape index (κ3) is 2.81. The Balaban J connectivity index is 1.95. The van der Waals surface area contributed by atoms with Gasteiger partial charge < -0.3 is 9.47 Å². The molecule has 0 radical (unpaired) electrons. The second-order valence-corrected chi connectivity index (χ2v) is 5.51. The monoisotopic (exact) mass is 286 g/mol. The van der Waals surface area contributed by atoms with E-state index in [1.165, 1.54) is 6.42 Å². The number of hydrogen-bond donors (Lipinski definition) is 0. The maximum atomic E-state index is 5.80. The van der Waals surface area contributed by atoms with Crippen molar-refractivity contribution in [3.05, 3.63) is 36.0 Å². The van der Waals surface area contributed by atoms with Crippen LogP contribution in [0, 0.1) is 6.92 Å². The number of nitrogens with zero attached hydrogens (tertiary/aromatic N) is 2. The van der Waals surface area contributed by atoms with Gasteiger partial charge in [0.15, 0.2) is 0 Å². The summed E-state index contributed by atoms with van der Waals surface area (Å²) in [6, 6.07) is 4.20. The lowest BCUT2D eigenvalue weighted by atomic mass is 10.1. The number of rotatable bonds is 4. The first-order valence-electron chi connectivity index (χ1n) is 7.62. The summed E-state index contributed by atoms with van der Waals surface area (Å²) in [5.74, 6) is 0.709. The molecule has 0 aliphatic carbocycles. The van der Waals surface area contributed by atoms with Crippen LogP contribution in [0.1, 0.15) is 43.5 Å². The summed E-state index contributed by atoms with van der Waals surface area (Å²) in [5, 5.41) is 5.81. The van der Waals surface area contributed by atoms with Crippen LogP contribution in [0.4, 0.5) is 0 Å². The molecule has 1 fully saturated rings. The number of benzene rings is 1. The number of hydrogen-bond acceptors (Lipinski definition) is 3. The second kappa shape index (κ2) is 5.90. The van der Waals surface area contributed by atoms with Gasteiger partial charge in [0.2, 0.25) is 0 Å². The Morgan fingerprint density at radius 3 is 3.05 bits per heavy atom. The lowest BCUT2D eigenvalue weighted by Crippen LogP contribution is -2.18. The van der Waals surface area contributed by atoms with E-state index in [1.807, 2.05) is 11.6 Å². The van der Waals surface area contributed by atoms with Gasteiger partial charge in [-0.15, -0.1) is 0 Å². The first kappa shape index (κ1) is 14.1. The van der Waals surface area contributed by atoms with Crippen molar-refractivity contribution >= 4 is 16.7 Å². The smallest absolute Gasteiger partial charge is 0.150 e. The zero-order valence-corrected chi connectivity index (χ0v) is 12.8. The minimum atomic E-state index is 0.0741. The molecule has 1 saturated heterocycles. The van der Waals surface area contributed by atoms with Gasteiger partial charge in [-0.1, -0.05) is 6.58 Å². The third-order valence-corrected chi connectivity index (χ3v) is 3.94. The largest absolute Gasteiger partial charge is 0.494 e. The highest BCUT2D eigenvalue weighted by atomic mass is 16.5. The zero-order valence-electron chi connectivity index (χ0n) is 12.8. The summed E-state index contributed by atoms with van der Waals surface area (Å²) >= 11 is 0. The van der Waals surface area contributed by atoms with Crippen molar-refractivity contribution < 1.29 is 9.47 Å². The molecule has 21 heavy (non-hydrogen) atoms. The molecule has 0 saturated carbocycles. The summed E-state index contributed by atoms with van der Waals surface area (Å²) in [6.07, 6.45) is 5.53. The average molecular weight is 286 g/mol. The van der Waals surface area contributed by atoms with Gasteiger partial charge in [0, 0.05) is 23.8 Å². The quantitative estimate of drug-likeness (QED) is 0.795. The Kier molecular flexibility index (Phi) is 3.97. The van der Waals surface area contributed by atoms with E-state index in [1.54, 1.807) is 0 Å². The molecule has 112 valence electrons. The Hall–Kier alpha value is -1.81. The topological polar surface area (TPSA) is 36.3 Å². The number of fused-ring (bicyclic) bond motifs is 1. The highest BCUT2D eigenvalue weighted by Crippen LogP contribution is 2.27. The molecule has 4 nitrogen and oxygen atoms in total. The highest BCUT2D eigenvalue weighted by molar-refractivity contribution is 5.83. The number of aryl methyl sites for hydroxylation is 1. The molecule has 3 rings (SSSR count). The molecular formula is C17H22N2O2. The molecule has 1 aliphatic heterocycles. The van der Waals surface area contributed by atoms with Gasteiger partial charge in [0.25, 0.3) is 0 Å². The van der Waals surface area contributed by atoms with Crippen LogP contribution in [0.3, 0.4) is 0 Å². The van der Waals surface area contributed by atoms with Gasteiger partial charge in [-0.2, -0.15) is 5.10 Å². The van der Waals surface area contributed by atoms with Crippen LogP contribution < -0.4 is 0 Å². The van der Waals surface area contributed by atoms with E-state index in [2.05, 4.69) is 36.9 Å². The summed E-state index contributed by atoms with van der Waals surface area (Å²) in [4.78, 5) is 0. The number of ether oxygens (including phenoxy) is 2. The van der Waals surface area contributed by atoms with E-state index in [9.17, 15) is 0 Å². The predicted molar refractivity (Wildman–Crippen MR) is 84.0 cm³/mol. The average Bonchev–Trinajstić information content (AvgIpc) is 2.90. The Morgan fingerprint density at radius 1 is 1.48 bits per heavy atom. The fourth-order valence-corrected chi connectivity index (χ4v) is 2.84. The summed E-state index contributed by atoms with van der Waals surface area (Å²) in [5.41, 5.74) is 3.15. The minimum absolute atomic E-state index is 0.0741. The van der Waals surface area contributed by atoms with E-state index in [0.717, 1.165) is 41.5 Å². The first-order chi connectivity index (χ1) is 10.2. The summed E-state index contributed by atoms with van der Waals surface area (Å²) < 4.78 is 13.3. The van der Waals surface area contributed by atoms with Crippen molar-refractivity contribution in [3.8, 4) is 0 Å². The molecule has 0 N–H and O–H groups in total. The SMILES string of the molecule is C=C(OCC)c1cc2nn(C3CCCCO3)cc2cc1C. The fraction of sp³-hybridized carbons (Fsp3) is 0.471. The van der Waals surface area contributed by atoms with Gasteiger partial charge in [0.05, 0.1) is 12.1 Å². The van der Waals surface area contributed by atoms with Crippen LogP contribution >= 0.6 is 0 Å². The van der Waals surface area contributed by atoms with E-state index in [-0.39, 0.29) is 6.23 Å². The number of aromatic nitrogens is 2. The van der Waals surface area contributed by atoms with Gasteiger partial charge in [-0.3, -0.25) is 0 Å². The Bertz CT molecular complexity index is 654. The molecule has 1 aromatic carbocycles. The maximum Gasteiger partial charge on any atom is 0.150 e. The summed E-state index contributed by atoms with van der Waals surface area (Å²) in [6.45, 7) is 9.49. The molecule has 1 atom stereocenters. The molecule has 1 unspecified atom stereocenters. The van der Waals surface area contributed by atoms with Crippen LogP contribution in [0.25, 0.3) is 16.7 Å². The predicted octanol–water partition coefficient (Wildman–Crippen LogP) is 4.05. The standard InChI is InChI=1S/C17H22N2O2/c1-4-20-13(3)15-10-16-14(9-12(15)2)11-19(18-16)17-7-5-6-8-21-17/h9-11,17H,3-8H2,1-2H3. The van der Waals surface area contributed by atoms with Crippen LogP contribution in [0.15, 0.2) is 24.9 Å². The zero-order chi connectivity index (χ0) is 14.8. The highest BCUT2D eigenvalue weighted by Gasteiger charge is 2.17. The van der Waals surface area contributed by atoms with Gasteiger partial charge >= 0.3 is 0 Å². The fourth-order valence-electron chi connectivity index (χ4n) is 2.84.